The fourth-order valence-electron chi connectivity index (χ4n) is 3.45. The SMILES string of the molecule is CC1C(c2ccc(Cl)cc2)c2cc(Cl)ccc2C1(C)C. The highest BCUT2D eigenvalue weighted by Crippen LogP contribution is 2.53. The van der Waals surface area contributed by atoms with Gasteiger partial charge in [-0.1, -0.05) is 62.2 Å². The summed E-state index contributed by atoms with van der Waals surface area (Å²) >= 11 is 12.2. The Balaban J connectivity index is 2.17. The van der Waals surface area contributed by atoms with E-state index < -0.39 is 0 Å². The molecule has 0 radical (unpaired) electrons. The normalized spacial score (nSPS) is 23.6. The average Bonchev–Trinajstić information content (AvgIpc) is 2.59. The fraction of sp³-hybridized carbons (Fsp3) is 0.333. The molecule has 1 aliphatic rings. The van der Waals surface area contributed by atoms with Crippen LogP contribution in [0, 0.1) is 5.92 Å². The summed E-state index contributed by atoms with van der Waals surface area (Å²) in [4.78, 5) is 0. The van der Waals surface area contributed by atoms with Crippen molar-refractivity contribution in [2.24, 2.45) is 5.92 Å². The van der Waals surface area contributed by atoms with Gasteiger partial charge < -0.3 is 0 Å². The molecular formula is C18H18Cl2. The minimum absolute atomic E-state index is 0.157. The van der Waals surface area contributed by atoms with Crippen LogP contribution < -0.4 is 0 Å². The van der Waals surface area contributed by atoms with Crippen LogP contribution in [-0.4, -0.2) is 0 Å². The summed E-state index contributed by atoms with van der Waals surface area (Å²) in [6.07, 6.45) is 0. The number of benzene rings is 2. The predicted molar refractivity (Wildman–Crippen MR) is 86.9 cm³/mol. The minimum Gasteiger partial charge on any atom is -0.0843 e. The average molecular weight is 305 g/mol. The van der Waals surface area contributed by atoms with Crippen molar-refractivity contribution >= 4 is 23.2 Å². The summed E-state index contributed by atoms with van der Waals surface area (Å²) in [5, 5.41) is 1.59. The number of halogens is 2. The van der Waals surface area contributed by atoms with E-state index in [2.05, 4.69) is 45.0 Å². The molecule has 0 aliphatic heterocycles. The number of fused-ring (bicyclic) bond motifs is 1. The molecule has 0 N–H and O–H groups in total. The van der Waals surface area contributed by atoms with Crippen molar-refractivity contribution < 1.29 is 0 Å². The molecule has 0 bridgehead atoms. The van der Waals surface area contributed by atoms with E-state index in [1.165, 1.54) is 16.7 Å². The second-order valence-corrected chi connectivity index (χ2v) is 7.14. The van der Waals surface area contributed by atoms with Crippen molar-refractivity contribution in [3.05, 3.63) is 69.2 Å². The highest BCUT2D eigenvalue weighted by atomic mass is 35.5. The first-order valence-electron chi connectivity index (χ1n) is 6.96. The Morgan fingerprint density at radius 2 is 1.50 bits per heavy atom. The third-order valence-corrected chi connectivity index (χ3v) is 5.40. The molecule has 0 heterocycles. The quantitative estimate of drug-likeness (QED) is 0.601. The van der Waals surface area contributed by atoms with Crippen LogP contribution in [0.25, 0.3) is 0 Å². The molecule has 104 valence electrons. The molecule has 2 heteroatoms. The van der Waals surface area contributed by atoms with Gasteiger partial charge in [0, 0.05) is 16.0 Å². The van der Waals surface area contributed by atoms with Crippen LogP contribution in [-0.2, 0) is 5.41 Å². The number of hydrogen-bond donors (Lipinski definition) is 0. The third kappa shape index (κ3) is 2.06. The summed E-state index contributed by atoms with van der Waals surface area (Å²) in [5.41, 5.74) is 4.24. The molecule has 20 heavy (non-hydrogen) atoms. The van der Waals surface area contributed by atoms with E-state index in [1.54, 1.807) is 0 Å². The third-order valence-electron chi connectivity index (χ3n) is 4.91. The van der Waals surface area contributed by atoms with Gasteiger partial charge in [0.1, 0.15) is 0 Å². The first-order chi connectivity index (χ1) is 9.41. The molecule has 0 fully saturated rings. The van der Waals surface area contributed by atoms with Gasteiger partial charge in [0.2, 0.25) is 0 Å². The monoisotopic (exact) mass is 304 g/mol. The number of rotatable bonds is 1. The Bertz CT molecular complexity index is 641. The van der Waals surface area contributed by atoms with Gasteiger partial charge in [0.25, 0.3) is 0 Å². The molecule has 0 saturated carbocycles. The molecule has 2 atom stereocenters. The van der Waals surface area contributed by atoms with Gasteiger partial charge in [0.15, 0.2) is 0 Å². The summed E-state index contributed by atoms with van der Waals surface area (Å²) in [6.45, 7) is 6.97. The second-order valence-electron chi connectivity index (χ2n) is 6.27. The van der Waals surface area contributed by atoms with Crippen molar-refractivity contribution in [2.75, 3.05) is 0 Å². The standard InChI is InChI=1S/C18H18Cl2/c1-11-17(12-4-6-13(19)7-5-12)15-10-14(20)8-9-16(15)18(11,2)3/h4-11,17H,1-3H3. The first-order valence-corrected chi connectivity index (χ1v) is 7.72. The van der Waals surface area contributed by atoms with E-state index in [0.29, 0.717) is 11.8 Å². The molecule has 2 unspecified atom stereocenters. The summed E-state index contributed by atoms with van der Waals surface area (Å²) in [5.74, 6) is 0.910. The maximum Gasteiger partial charge on any atom is 0.0409 e. The second kappa shape index (κ2) is 4.79. The van der Waals surface area contributed by atoms with Crippen LogP contribution in [0.4, 0.5) is 0 Å². The smallest absolute Gasteiger partial charge is 0.0409 e. The number of hydrogen-bond acceptors (Lipinski definition) is 0. The van der Waals surface area contributed by atoms with Gasteiger partial charge in [-0.25, -0.2) is 0 Å². The molecule has 0 saturated heterocycles. The molecule has 0 aromatic heterocycles. The molecule has 0 nitrogen and oxygen atoms in total. The summed E-state index contributed by atoms with van der Waals surface area (Å²) < 4.78 is 0. The Labute approximate surface area is 130 Å². The van der Waals surface area contributed by atoms with E-state index >= 15 is 0 Å². The molecule has 1 aliphatic carbocycles. The van der Waals surface area contributed by atoms with E-state index in [1.807, 2.05) is 18.2 Å². The fourth-order valence-corrected chi connectivity index (χ4v) is 3.75. The van der Waals surface area contributed by atoms with Crippen LogP contribution in [0.15, 0.2) is 42.5 Å². The van der Waals surface area contributed by atoms with Crippen LogP contribution in [0.2, 0.25) is 10.0 Å². The van der Waals surface area contributed by atoms with E-state index in [9.17, 15) is 0 Å². The topological polar surface area (TPSA) is 0 Å². The van der Waals surface area contributed by atoms with Gasteiger partial charge >= 0.3 is 0 Å². The maximum atomic E-state index is 6.22. The maximum absolute atomic E-state index is 6.22. The van der Waals surface area contributed by atoms with Crippen molar-refractivity contribution in [1.82, 2.24) is 0 Å². The first kappa shape index (κ1) is 14.0. The van der Waals surface area contributed by atoms with Gasteiger partial charge in [-0.3, -0.25) is 0 Å². The zero-order valence-electron chi connectivity index (χ0n) is 12.0. The van der Waals surface area contributed by atoms with Gasteiger partial charge in [-0.15, -0.1) is 0 Å². The van der Waals surface area contributed by atoms with Gasteiger partial charge in [-0.05, 0) is 52.3 Å². The van der Waals surface area contributed by atoms with Gasteiger partial charge in [-0.2, -0.15) is 0 Å². The molecular weight excluding hydrogens is 287 g/mol. The van der Waals surface area contributed by atoms with Crippen LogP contribution in [0.1, 0.15) is 43.4 Å². The summed E-state index contributed by atoms with van der Waals surface area (Å²) in [6, 6.07) is 14.5. The molecule has 3 rings (SSSR count). The van der Waals surface area contributed by atoms with E-state index in [-0.39, 0.29) is 5.41 Å². The Morgan fingerprint density at radius 1 is 0.900 bits per heavy atom. The lowest BCUT2D eigenvalue weighted by atomic mass is 9.75. The lowest BCUT2D eigenvalue weighted by Crippen LogP contribution is -2.23. The highest BCUT2D eigenvalue weighted by Gasteiger charge is 2.44. The van der Waals surface area contributed by atoms with Crippen molar-refractivity contribution in [3.63, 3.8) is 0 Å². The molecule has 0 spiro atoms. The predicted octanol–water partition coefficient (Wildman–Crippen LogP) is 6.05. The van der Waals surface area contributed by atoms with E-state index in [0.717, 1.165) is 10.0 Å². The van der Waals surface area contributed by atoms with Crippen molar-refractivity contribution in [1.29, 1.82) is 0 Å². The lowest BCUT2D eigenvalue weighted by molar-refractivity contribution is 0.352. The zero-order chi connectivity index (χ0) is 14.5. The zero-order valence-corrected chi connectivity index (χ0v) is 13.5. The largest absolute Gasteiger partial charge is 0.0843 e. The van der Waals surface area contributed by atoms with Crippen LogP contribution in [0.3, 0.4) is 0 Å². The highest BCUT2D eigenvalue weighted by molar-refractivity contribution is 6.31. The van der Waals surface area contributed by atoms with Crippen LogP contribution >= 0.6 is 23.2 Å². The molecule has 2 aromatic rings. The Kier molecular flexibility index (Phi) is 3.35. The lowest BCUT2D eigenvalue weighted by Gasteiger charge is -2.28. The summed E-state index contributed by atoms with van der Waals surface area (Å²) in [7, 11) is 0. The van der Waals surface area contributed by atoms with Crippen molar-refractivity contribution in [2.45, 2.75) is 32.1 Å². The van der Waals surface area contributed by atoms with Gasteiger partial charge in [0.05, 0.1) is 0 Å². The Hall–Kier alpha value is -0.980. The van der Waals surface area contributed by atoms with E-state index in [4.69, 9.17) is 23.2 Å². The Morgan fingerprint density at radius 3 is 2.15 bits per heavy atom. The molecule has 2 aromatic carbocycles. The van der Waals surface area contributed by atoms with Crippen LogP contribution in [0.5, 0.6) is 0 Å². The van der Waals surface area contributed by atoms with Crippen molar-refractivity contribution in [3.8, 4) is 0 Å². The molecule has 0 amide bonds. The minimum atomic E-state index is 0.157.